The fourth-order valence-electron chi connectivity index (χ4n) is 3.84. The van der Waals surface area contributed by atoms with E-state index in [1.165, 1.54) is 5.56 Å². The van der Waals surface area contributed by atoms with Crippen molar-refractivity contribution in [3.63, 3.8) is 0 Å². The Hall–Kier alpha value is -2.82. The molecule has 0 amide bonds. The summed E-state index contributed by atoms with van der Waals surface area (Å²) < 4.78 is 16.5. The summed E-state index contributed by atoms with van der Waals surface area (Å²) in [6.45, 7) is 0.925. The van der Waals surface area contributed by atoms with Gasteiger partial charge in [0.05, 0.1) is 21.3 Å². The summed E-state index contributed by atoms with van der Waals surface area (Å²) in [4.78, 5) is 2.22. The number of fused-ring (bicyclic) bond motifs is 2. The number of phenolic OH excluding ortho intramolecular Hbond substituents is 1. The molecule has 0 fully saturated rings. The van der Waals surface area contributed by atoms with E-state index in [4.69, 9.17) is 14.2 Å². The molecule has 0 saturated carbocycles. The Morgan fingerprint density at radius 3 is 2.36 bits per heavy atom. The van der Waals surface area contributed by atoms with Crippen molar-refractivity contribution >= 4 is 27.2 Å². The maximum absolute atomic E-state index is 10.9. The lowest BCUT2D eigenvalue weighted by Gasteiger charge is -2.29. The fourth-order valence-corrected chi connectivity index (χ4v) is 3.84. The highest BCUT2D eigenvalue weighted by atomic mass is 16.5. The smallest absolute Gasteiger partial charge is 0.169 e. The molecular formula is C20H21NO4. The zero-order valence-electron chi connectivity index (χ0n) is 14.8. The lowest BCUT2D eigenvalue weighted by atomic mass is 9.90. The van der Waals surface area contributed by atoms with Gasteiger partial charge >= 0.3 is 0 Å². The number of benzene rings is 3. The summed E-state index contributed by atoms with van der Waals surface area (Å²) in [5, 5.41) is 14.6. The first-order valence-corrected chi connectivity index (χ1v) is 8.22. The Morgan fingerprint density at radius 2 is 1.68 bits per heavy atom. The van der Waals surface area contributed by atoms with Gasteiger partial charge in [-0.25, -0.2) is 0 Å². The molecule has 0 atom stereocenters. The van der Waals surface area contributed by atoms with Crippen LogP contribution in [0.3, 0.4) is 0 Å². The number of rotatable bonds is 3. The highest BCUT2D eigenvalue weighted by Crippen LogP contribution is 2.50. The summed E-state index contributed by atoms with van der Waals surface area (Å²) in [7, 11) is 6.88. The van der Waals surface area contributed by atoms with E-state index in [9.17, 15) is 5.11 Å². The minimum absolute atomic E-state index is 0.134. The van der Waals surface area contributed by atoms with Gasteiger partial charge in [-0.05, 0) is 35.6 Å². The zero-order valence-corrected chi connectivity index (χ0v) is 14.8. The molecule has 0 spiro atoms. The van der Waals surface area contributed by atoms with Gasteiger partial charge in [0.2, 0.25) is 0 Å². The number of phenols is 1. The number of ether oxygens (including phenoxy) is 3. The van der Waals surface area contributed by atoms with Gasteiger partial charge in [-0.1, -0.05) is 6.07 Å². The molecule has 0 saturated heterocycles. The molecule has 25 heavy (non-hydrogen) atoms. The molecule has 1 N–H and O–H groups in total. The molecule has 1 aliphatic heterocycles. The van der Waals surface area contributed by atoms with Gasteiger partial charge in [-0.15, -0.1) is 0 Å². The molecule has 0 bridgehead atoms. The van der Waals surface area contributed by atoms with E-state index in [1.54, 1.807) is 21.3 Å². The largest absolute Gasteiger partial charge is 0.504 e. The van der Waals surface area contributed by atoms with E-state index >= 15 is 0 Å². The predicted molar refractivity (Wildman–Crippen MR) is 99.7 cm³/mol. The van der Waals surface area contributed by atoms with Crippen molar-refractivity contribution in [3.8, 4) is 23.0 Å². The molecule has 0 unspecified atom stereocenters. The van der Waals surface area contributed by atoms with Crippen LogP contribution in [0.15, 0.2) is 24.3 Å². The topological polar surface area (TPSA) is 51.2 Å². The van der Waals surface area contributed by atoms with Crippen LogP contribution in [-0.2, 0) is 6.42 Å². The highest BCUT2D eigenvalue weighted by molar-refractivity contribution is 6.20. The maximum atomic E-state index is 10.9. The molecule has 5 heteroatoms. The Kier molecular flexibility index (Phi) is 3.53. The highest BCUT2D eigenvalue weighted by Gasteiger charge is 2.25. The molecule has 130 valence electrons. The quantitative estimate of drug-likeness (QED) is 0.737. The first-order valence-electron chi connectivity index (χ1n) is 8.22. The lowest BCUT2D eigenvalue weighted by molar-refractivity contribution is 0.358. The van der Waals surface area contributed by atoms with Crippen molar-refractivity contribution in [2.75, 3.05) is 39.8 Å². The van der Waals surface area contributed by atoms with Crippen LogP contribution in [0, 0.1) is 0 Å². The van der Waals surface area contributed by atoms with Crippen molar-refractivity contribution in [3.05, 3.63) is 29.8 Å². The number of likely N-dealkylation sites (N-methyl/N-ethyl adjacent to an activating group) is 1. The monoisotopic (exact) mass is 339 g/mol. The molecular weight excluding hydrogens is 318 g/mol. The van der Waals surface area contributed by atoms with Crippen molar-refractivity contribution in [2.24, 2.45) is 0 Å². The van der Waals surface area contributed by atoms with E-state index in [0.717, 1.165) is 40.2 Å². The van der Waals surface area contributed by atoms with Crippen molar-refractivity contribution in [1.82, 2.24) is 0 Å². The van der Waals surface area contributed by atoms with Crippen LogP contribution in [0.5, 0.6) is 23.0 Å². The van der Waals surface area contributed by atoms with Gasteiger partial charge in [0, 0.05) is 35.4 Å². The number of anilines is 1. The molecule has 1 aliphatic rings. The van der Waals surface area contributed by atoms with Gasteiger partial charge in [-0.2, -0.15) is 0 Å². The van der Waals surface area contributed by atoms with Gasteiger partial charge in [0.1, 0.15) is 0 Å². The van der Waals surface area contributed by atoms with Gasteiger partial charge < -0.3 is 24.2 Å². The average molecular weight is 339 g/mol. The standard InChI is InChI=1S/C20H21NO4/c1-21-8-7-12-10-15(24-3)19(22)18-16(12)13(21)9-11-5-6-14(23-2)20(25-4)17(11)18/h5-6,9-10,22H,7-8H2,1-4H3. The van der Waals surface area contributed by atoms with E-state index in [2.05, 4.69) is 18.0 Å². The molecule has 0 aromatic heterocycles. The second-order valence-corrected chi connectivity index (χ2v) is 6.30. The SMILES string of the molecule is COc1ccc2cc3c4c(cc(OC)c(O)c4c2c1OC)CCN3C. The molecule has 4 rings (SSSR count). The zero-order chi connectivity index (χ0) is 17.7. The van der Waals surface area contributed by atoms with Crippen molar-refractivity contribution < 1.29 is 19.3 Å². The number of methoxy groups -OCH3 is 3. The molecule has 0 aliphatic carbocycles. The second-order valence-electron chi connectivity index (χ2n) is 6.30. The van der Waals surface area contributed by atoms with E-state index in [1.807, 2.05) is 18.2 Å². The van der Waals surface area contributed by atoms with E-state index in [0.29, 0.717) is 17.2 Å². The third-order valence-corrected chi connectivity index (χ3v) is 5.07. The number of hydrogen-bond donors (Lipinski definition) is 1. The summed E-state index contributed by atoms with van der Waals surface area (Å²) >= 11 is 0. The van der Waals surface area contributed by atoms with Crippen LogP contribution in [0.1, 0.15) is 5.56 Å². The van der Waals surface area contributed by atoms with Crippen molar-refractivity contribution in [2.45, 2.75) is 6.42 Å². The summed E-state index contributed by atoms with van der Waals surface area (Å²) in [6.07, 6.45) is 0.897. The summed E-state index contributed by atoms with van der Waals surface area (Å²) in [5.74, 6) is 1.87. The minimum Gasteiger partial charge on any atom is -0.504 e. The number of aromatic hydroxyl groups is 1. The molecule has 5 nitrogen and oxygen atoms in total. The maximum Gasteiger partial charge on any atom is 0.169 e. The summed E-state index contributed by atoms with van der Waals surface area (Å²) in [5.41, 5.74) is 2.28. The van der Waals surface area contributed by atoms with Crippen LogP contribution in [-0.4, -0.2) is 40.0 Å². The van der Waals surface area contributed by atoms with E-state index < -0.39 is 0 Å². The van der Waals surface area contributed by atoms with Gasteiger partial charge in [0.15, 0.2) is 23.0 Å². The summed E-state index contributed by atoms with van der Waals surface area (Å²) in [6, 6.07) is 7.97. The van der Waals surface area contributed by atoms with Crippen molar-refractivity contribution in [1.29, 1.82) is 0 Å². The predicted octanol–water partition coefficient (Wildman–Crippen LogP) is 3.72. The van der Waals surface area contributed by atoms with Crippen LogP contribution in [0.25, 0.3) is 21.5 Å². The number of hydrogen-bond acceptors (Lipinski definition) is 5. The minimum atomic E-state index is 0.134. The molecule has 0 radical (unpaired) electrons. The first-order chi connectivity index (χ1) is 12.1. The van der Waals surface area contributed by atoms with E-state index in [-0.39, 0.29) is 5.75 Å². The lowest BCUT2D eigenvalue weighted by Crippen LogP contribution is -2.24. The Morgan fingerprint density at radius 1 is 0.920 bits per heavy atom. The van der Waals surface area contributed by atoms with Gasteiger partial charge in [0.25, 0.3) is 0 Å². The molecule has 3 aromatic rings. The average Bonchev–Trinajstić information content (AvgIpc) is 2.64. The third kappa shape index (κ3) is 2.08. The van der Waals surface area contributed by atoms with Gasteiger partial charge in [-0.3, -0.25) is 0 Å². The van der Waals surface area contributed by atoms with Crippen LogP contribution >= 0.6 is 0 Å². The molecule has 3 aromatic carbocycles. The Labute approximate surface area is 146 Å². The second kappa shape index (κ2) is 5.62. The molecule has 1 heterocycles. The third-order valence-electron chi connectivity index (χ3n) is 5.07. The number of nitrogens with zero attached hydrogens (tertiary/aromatic N) is 1. The van der Waals surface area contributed by atoms with Crippen LogP contribution in [0.2, 0.25) is 0 Å². The fraction of sp³-hybridized carbons (Fsp3) is 0.300. The van der Waals surface area contributed by atoms with Crippen LogP contribution in [0.4, 0.5) is 5.69 Å². The Bertz CT molecular complexity index is 997. The first kappa shape index (κ1) is 15.7. The Balaban J connectivity index is 2.30. The van der Waals surface area contributed by atoms with Crippen LogP contribution < -0.4 is 19.1 Å². The normalized spacial score (nSPS) is 13.4.